The van der Waals surface area contributed by atoms with Crippen LogP contribution in [0.3, 0.4) is 0 Å². The number of rotatable bonds is 5. The summed E-state index contributed by atoms with van der Waals surface area (Å²) in [4.78, 5) is 8.78. The molecule has 0 bridgehead atoms. The van der Waals surface area contributed by atoms with Gasteiger partial charge in [0, 0.05) is 29.0 Å². The molecule has 0 spiro atoms. The van der Waals surface area contributed by atoms with E-state index in [1.54, 1.807) is 17.5 Å². The molecule has 1 N–H and O–H groups in total. The molecular weight excluding hydrogens is 298 g/mol. The monoisotopic (exact) mass is 311 g/mol. The Labute approximate surface area is 113 Å². The van der Waals surface area contributed by atoms with E-state index < -0.39 is 0 Å². The highest BCUT2D eigenvalue weighted by Crippen LogP contribution is 2.12. The topological polar surface area (TPSA) is 37.8 Å². The van der Waals surface area contributed by atoms with Gasteiger partial charge in [0.15, 0.2) is 0 Å². The first-order valence-electron chi connectivity index (χ1n) is 5.56. The van der Waals surface area contributed by atoms with Gasteiger partial charge in [0.05, 0.1) is 10.7 Å². The molecule has 0 unspecified atom stereocenters. The van der Waals surface area contributed by atoms with Crippen LogP contribution in [0.5, 0.6) is 0 Å². The maximum absolute atomic E-state index is 4.52. The summed E-state index contributed by atoms with van der Waals surface area (Å²) < 4.78 is 0.995. The second-order valence-corrected chi connectivity index (χ2v) is 5.48. The third-order valence-corrected chi connectivity index (χ3v) is 3.83. The lowest BCUT2D eigenvalue weighted by Gasteiger charge is -2.03. The average molecular weight is 312 g/mol. The smallest absolute Gasteiger partial charge is 0.125 e. The van der Waals surface area contributed by atoms with Gasteiger partial charge in [-0.15, -0.1) is 11.3 Å². The van der Waals surface area contributed by atoms with Gasteiger partial charge in [0.25, 0.3) is 0 Å². The number of nitrogens with one attached hydrogen (secondary N) is 1. The minimum Gasteiger partial charge on any atom is -0.370 e. The molecule has 0 saturated carbocycles. The zero-order valence-corrected chi connectivity index (χ0v) is 12.0. The fourth-order valence-corrected chi connectivity index (χ4v) is 2.44. The van der Waals surface area contributed by atoms with Crippen molar-refractivity contribution in [3.05, 3.63) is 38.9 Å². The van der Waals surface area contributed by atoms with Gasteiger partial charge in [0.2, 0.25) is 0 Å². The maximum Gasteiger partial charge on any atom is 0.125 e. The van der Waals surface area contributed by atoms with Gasteiger partial charge in [0.1, 0.15) is 5.82 Å². The molecule has 0 aliphatic carbocycles. The number of aromatic nitrogens is 2. The van der Waals surface area contributed by atoms with Crippen LogP contribution >= 0.6 is 27.3 Å². The summed E-state index contributed by atoms with van der Waals surface area (Å²) in [7, 11) is 0. The van der Waals surface area contributed by atoms with E-state index in [4.69, 9.17) is 0 Å². The SMILES string of the molecule is CCc1nc(CCNc2ccc(Br)cn2)cs1. The Hall–Kier alpha value is -0.940. The van der Waals surface area contributed by atoms with E-state index in [2.05, 4.69) is 43.5 Å². The summed E-state index contributed by atoms with van der Waals surface area (Å²) in [6.45, 7) is 2.99. The van der Waals surface area contributed by atoms with Crippen molar-refractivity contribution in [2.45, 2.75) is 19.8 Å². The molecule has 5 heteroatoms. The predicted molar refractivity (Wildman–Crippen MR) is 75.6 cm³/mol. The molecule has 0 aliphatic rings. The number of aryl methyl sites for hydroxylation is 1. The van der Waals surface area contributed by atoms with Gasteiger partial charge in [-0.1, -0.05) is 6.92 Å². The third kappa shape index (κ3) is 3.78. The highest BCUT2D eigenvalue weighted by Gasteiger charge is 2.00. The van der Waals surface area contributed by atoms with Gasteiger partial charge in [-0.25, -0.2) is 9.97 Å². The Balaban J connectivity index is 1.81. The van der Waals surface area contributed by atoms with Crippen LogP contribution in [0.15, 0.2) is 28.2 Å². The summed E-state index contributed by atoms with van der Waals surface area (Å²) in [5.74, 6) is 0.902. The van der Waals surface area contributed by atoms with Crippen LogP contribution in [0, 0.1) is 0 Å². The maximum atomic E-state index is 4.52. The Morgan fingerprint density at radius 3 is 2.94 bits per heavy atom. The van der Waals surface area contributed by atoms with E-state index in [1.165, 1.54) is 5.01 Å². The van der Waals surface area contributed by atoms with Crippen LogP contribution in [-0.2, 0) is 12.8 Å². The Morgan fingerprint density at radius 2 is 2.29 bits per heavy atom. The summed E-state index contributed by atoms with van der Waals surface area (Å²) in [5, 5.41) is 6.62. The van der Waals surface area contributed by atoms with Crippen molar-refractivity contribution in [1.82, 2.24) is 9.97 Å². The zero-order chi connectivity index (χ0) is 12.1. The van der Waals surface area contributed by atoms with Gasteiger partial charge in [-0.3, -0.25) is 0 Å². The molecule has 17 heavy (non-hydrogen) atoms. The first-order valence-corrected chi connectivity index (χ1v) is 7.24. The van der Waals surface area contributed by atoms with Crippen molar-refractivity contribution in [1.29, 1.82) is 0 Å². The lowest BCUT2D eigenvalue weighted by atomic mass is 10.3. The van der Waals surface area contributed by atoms with Crippen LogP contribution in [-0.4, -0.2) is 16.5 Å². The minimum atomic E-state index is 0.863. The summed E-state index contributed by atoms with van der Waals surface area (Å²) in [5.41, 5.74) is 1.16. The summed E-state index contributed by atoms with van der Waals surface area (Å²) in [6, 6.07) is 3.94. The number of thiazole rings is 1. The van der Waals surface area contributed by atoms with Gasteiger partial charge >= 0.3 is 0 Å². The van der Waals surface area contributed by atoms with Gasteiger partial charge in [-0.05, 0) is 34.5 Å². The summed E-state index contributed by atoms with van der Waals surface area (Å²) in [6.07, 6.45) is 3.75. The summed E-state index contributed by atoms with van der Waals surface area (Å²) >= 11 is 5.10. The van der Waals surface area contributed by atoms with Crippen LogP contribution in [0.1, 0.15) is 17.6 Å². The van der Waals surface area contributed by atoms with Crippen LogP contribution in [0.4, 0.5) is 5.82 Å². The molecular formula is C12H14BrN3S. The molecule has 0 atom stereocenters. The van der Waals surface area contributed by atoms with E-state index in [0.717, 1.165) is 35.4 Å². The van der Waals surface area contributed by atoms with Crippen molar-refractivity contribution in [3.63, 3.8) is 0 Å². The second kappa shape index (κ2) is 6.12. The van der Waals surface area contributed by atoms with Crippen molar-refractivity contribution < 1.29 is 0 Å². The number of nitrogens with zero attached hydrogens (tertiary/aromatic N) is 2. The van der Waals surface area contributed by atoms with E-state index >= 15 is 0 Å². The molecule has 0 saturated heterocycles. The number of pyridine rings is 1. The molecule has 0 aromatic carbocycles. The van der Waals surface area contributed by atoms with Crippen molar-refractivity contribution in [3.8, 4) is 0 Å². The van der Waals surface area contributed by atoms with Gasteiger partial charge < -0.3 is 5.32 Å². The van der Waals surface area contributed by atoms with E-state index in [9.17, 15) is 0 Å². The van der Waals surface area contributed by atoms with E-state index in [-0.39, 0.29) is 0 Å². The van der Waals surface area contributed by atoms with E-state index in [0.29, 0.717) is 0 Å². The average Bonchev–Trinajstić information content (AvgIpc) is 2.80. The van der Waals surface area contributed by atoms with Crippen molar-refractivity contribution in [2.24, 2.45) is 0 Å². The molecule has 90 valence electrons. The van der Waals surface area contributed by atoms with Gasteiger partial charge in [-0.2, -0.15) is 0 Å². The molecule has 2 rings (SSSR count). The molecule has 3 nitrogen and oxygen atoms in total. The predicted octanol–water partition coefficient (Wildman–Crippen LogP) is 3.52. The molecule has 2 heterocycles. The highest BCUT2D eigenvalue weighted by molar-refractivity contribution is 9.10. The lowest BCUT2D eigenvalue weighted by molar-refractivity contribution is 0.945. The Morgan fingerprint density at radius 1 is 1.41 bits per heavy atom. The number of hydrogen-bond acceptors (Lipinski definition) is 4. The van der Waals surface area contributed by atoms with Crippen LogP contribution in [0.25, 0.3) is 0 Å². The molecule has 0 aliphatic heterocycles. The minimum absolute atomic E-state index is 0.863. The molecule has 0 radical (unpaired) electrons. The zero-order valence-electron chi connectivity index (χ0n) is 9.61. The first kappa shape index (κ1) is 12.5. The normalized spacial score (nSPS) is 10.5. The Kier molecular flexibility index (Phi) is 4.50. The lowest BCUT2D eigenvalue weighted by Crippen LogP contribution is -2.06. The fraction of sp³-hybridized carbons (Fsp3) is 0.333. The van der Waals surface area contributed by atoms with Crippen LogP contribution in [0.2, 0.25) is 0 Å². The third-order valence-electron chi connectivity index (χ3n) is 2.32. The quantitative estimate of drug-likeness (QED) is 0.918. The highest BCUT2D eigenvalue weighted by atomic mass is 79.9. The van der Waals surface area contributed by atoms with Crippen molar-refractivity contribution >= 4 is 33.1 Å². The number of hydrogen-bond donors (Lipinski definition) is 1. The molecule has 0 amide bonds. The first-order chi connectivity index (χ1) is 8.28. The van der Waals surface area contributed by atoms with E-state index in [1.807, 2.05) is 12.1 Å². The largest absolute Gasteiger partial charge is 0.370 e. The van der Waals surface area contributed by atoms with Crippen molar-refractivity contribution in [2.75, 3.05) is 11.9 Å². The Bertz CT molecular complexity index is 467. The molecule has 2 aromatic rings. The fourth-order valence-electron chi connectivity index (χ4n) is 1.43. The number of halogens is 1. The van der Waals surface area contributed by atoms with Crippen LogP contribution < -0.4 is 5.32 Å². The second-order valence-electron chi connectivity index (χ2n) is 3.62. The molecule has 2 aromatic heterocycles. The number of anilines is 1. The molecule has 0 fully saturated rings. The standard InChI is InChI=1S/C12H14BrN3S/c1-2-12-16-10(8-17-12)5-6-14-11-4-3-9(13)7-15-11/h3-4,7-8H,2,5-6H2,1H3,(H,14,15).